The van der Waals surface area contributed by atoms with E-state index in [-0.39, 0.29) is 13.0 Å². The molecule has 0 radical (unpaired) electrons. The van der Waals surface area contributed by atoms with Gasteiger partial charge in [-0.3, -0.25) is 4.79 Å². The lowest BCUT2D eigenvalue weighted by Crippen LogP contribution is -1.86. The Balaban J connectivity index is 0. The van der Waals surface area contributed by atoms with Crippen LogP contribution in [0.2, 0.25) is 0 Å². The second-order valence-corrected chi connectivity index (χ2v) is 2.36. The molecule has 0 aliphatic carbocycles. The highest BCUT2D eigenvalue weighted by molar-refractivity contribution is 5.66. The average Bonchev–Trinajstić information content (AvgIpc) is 2.06. The summed E-state index contributed by atoms with van der Waals surface area (Å²) < 4.78 is 0. The molecule has 0 unspecified atom stereocenters. The smallest absolute Gasteiger partial charge is 0.303 e. The van der Waals surface area contributed by atoms with E-state index < -0.39 is 5.97 Å². The van der Waals surface area contributed by atoms with Crippen molar-refractivity contribution in [2.45, 2.75) is 33.6 Å². The SMILES string of the molecule is CC=C(C)CCO.CCC(=O)O. The molecule has 0 aliphatic heterocycles. The molecule has 0 amide bonds. The monoisotopic (exact) mass is 174 g/mol. The number of rotatable bonds is 3. The predicted octanol–water partition coefficient (Wildman–Crippen LogP) is 1.82. The molecule has 0 aromatic rings. The van der Waals surface area contributed by atoms with Crippen LogP contribution in [0.1, 0.15) is 33.6 Å². The zero-order chi connectivity index (χ0) is 9.98. The minimum Gasteiger partial charge on any atom is -0.481 e. The minimum atomic E-state index is -0.745. The van der Waals surface area contributed by atoms with Crippen LogP contribution < -0.4 is 0 Å². The van der Waals surface area contributed by atoms with Gasteiger partial charge < -0.3 is 10.2 Å². The van der Waals surface area contributed by atoms with E-state index >= 15 is 0 Å². The standard InChI is InChI=1S/C6H12O.C3H6O2/c1-3-6(2)4-5-7;1-2-3(4)5/h3,7H,4-5H2,1-2H3;2H2,1H3,(H,4,5). The van der Waals surface area contributed by atoms with Crippen LogP contribution in [0, 0.1) is 0 Å². The van der Waals surface area contributed by atoms with Crippen LogP contribution in [0.4, 0.5) is 0 Å². The maximum absolute atomic E-state index is 9.37. The number of aliphatic hydroxyl groups is 1. The first kappa shape index (κ1) is 13.7. The summed E-state index contributed by atoms with van der Waals surface area (Å²) in [6, 6.07) is 0. The highest BCUT2D eigenvalue weighted by Crippen LogP contribution is 1.95. The van der Waals surface area contributed by atoms with Crippen molar-refractivity contribution in [2.75, 3.05) is 6.61 Å². The Morgan fingerprint density at radius 1 is 1.50 bits per heavy atom. The van der Waals surface area contributed by atoms with Crippen molar-refractivity contribution in [1.82, 2.24) is 0 Å². The molecule has 0 fully saturated rings. The van der Waals surface area contributed by atoms with Crippen LogP contribution in [0.25, 0.3) is 0 Å². The predicted molar refractivity (Wildman–Crippen MR) is 49.1 cm³/mol. The van der Waals surface area contributed by atoms with Gasteiger partial charge in [0.2, 0.25) is 0 Å². The molecule has 0 aromatic heterocycles. The first-order valence-electron chi connectivity index (χ1n) is 4.02. The van der Waals surface area contributed by atoms with Gasteiger partial charge in [-0.15, -0.1) is 0 Å². The van der Waals surface area contributed by atoms with Crippen LogP contribution >= 0.6 is 0 Å². The molecule has 3 heteroatoms. The van der Waals surface area contributed by atoms with Gasteiger partial charge in [0, 0.05) is 13.0 Å². The zero-order valence-corrected chi connectivity index (χ0v) is 8.00. The topological polar surface area (TPSA) is 57.5 Å². The van der Waals surface area contributed by atoms with E-state index in [1.807, 2.05) is 19.9 Å². The Hall–Kier alpha value is -0.830. The number of hydrogen-bond acceptors (Lipinski definition) is 2. The first-order valence-corrected chi connectivity index (χ1v) is 4.02. The zero-order valence-electron chi connectivity index (χ0n) is 8.00. The van der Waals surface area contributed by atoms with E-state index in [4.69, 9.17) is 10.2 Å². The van der Waals surface area contributed by atoms with Gasteiger partial charge in [0.25, 0.3) is 0 Å². The van der Waals surface area contributed by atoms with Crippen LogP contribution in [0.3, 0.4) is 0 Å². The highest BCUT2D eigenvalue weighted by Gasteiger charge is 1.81. The van der Waals surface area contributed by atoms with Crippen molar-refractivity contribution in [3.8, 4) is 0 Å². The minimum absolute atomic E-state index is 0.222. The fourth-order valence-corrected chi connectivity index (χ4v) is 0.321. The second kappa shape index (κ2) is 10.2. The first-order chi connectivity index (χ1) is 5.58. The van der Waals surface area contributed by atoms with Gasteiger partial charge in [0.1, 0.15) is 0 Å². The summed E-state index contributed by atoms with van der Waals surface area (Å²) in [4.78, 5) is 9.37. The summed E-state index contributed by atoms with van der Waals surface area (Å²) >= 11 is 0. The van der Waals surface area contributed by atoms with E-state index in [2.05, 4.69) is 0 Å². The summed E-state index contributed by atoms with van der Waals surface area (Å²) in [6.45, 7) is 5.86. The van der Waals surface area contributed by atoms with Gasteiger partial charge in [-0.1, -0.05) is 18.6 Å². The number of carbonyl (C=O) groups is 1. The van der Waals surface area contributed by atoms with Crippen LogP contribution in [0.15, 0.2) is 11.6 Å². The molecule has 3 nitrogen and oxygen atoms in total. The van der Waals surface area contributed by atoms with E-state index in [1.54, 1.807) is 6.92 Å². The van der Waals surface area contributed by atoms with Crippen molar-refractivity contribution in [1.29, 1.82) is 0 Å². The van der Waals surface area contributed by atoms with Gasteiger partial charge in [-0.2, -0.15) is 0 Å². The fraction of sp³-hybridized carbons (Fsp3) is 0.667. The Morgan fingerprint density at radius 3 is 2.00 bits per heavy atom. The third-order valence-electron chi connectivity index (χ3n) is 1.30. The Morgan fingerprint density at radius 2 is 1.92 bits per heavy atom. The maximum atomic E-state index is 9.37. The number of allylic oxidation sites excluding steroid dienone is 1. The lowest BCUT2D eigenvalue weighted by atomic mass is 10.2. The third kappa shape index (κ3) is 16.1. The molecule has 0 atom stereocenters. The van der Waals surface area contributed by atoms with Crippen molar-refractivity contribution < 1.29 is 15.0 Å². The highest BCUT2D eigenvalue weighted by atomic mass is 16.4. The molecule has 0 saturated heterocycles. The normalized spacial score (nSPS) is 10.2. The van der Waals surface area contributed by atoms with E-state index in [1.165, 1.54) is 5.57 Å². The number of hydrogen-bond donors (Lipinski definition) is 2. The van der Waals surface area contributed by atoms with Crippen molar-refractivity contribution in [2.24, 2.45) is 0 Å². The fourth-order valence-electron chi connectivity index (χ4n) is 0.321. The van der Waals surface area contributed by atoms with Gasteiger partial charge in [-0.25, -0.2) is 0 Å². The molecule has 0 rings (SSSR count). The molecular formula is C9H18O3. The number of carboxylic acid groups (broad SMARTS) is 1. The molecule has 0 aromatic carbocycles. The lowest BCUT2D eigenvalue weighted by Gasteiger charge is -1.90. The molecule has 0 spiro atoms. The summed E-state index contributed by atoms with van der Waals surface area (Å²) in [6.07, 6.45) is 3.05. The van der Waals surface area contributed by atoms with Crippen LogP contribution in [-0.2, 0) is 4.79 Å². The summed E-state index contributed by atoms with van der Waals surface area (Å²) in [5.41, 5.74) is 1.25. The second-order valence-electron chi connectivity index (χ2n) is 2.36. The van der Waals surface area contributed by atoms with Crippen molar-refractivity contribution in [3.05, 3.63) is 11.6 Å². The van der Waals surface area contributed by atoms with E-state index in [0.717, 1.165) is 6.42 Å². The molecule has 0 aliphatic rings. The number of aliphatic hydroxyl groups excluding tert-OH is 1. The van der Waals surface area contributed by atoms with E-state index in [0.29, 0.717) is 0 Å². The third-order valence-corrected chi connectivity index (χ3v) is 1.30. The Bertz CT molecular complexity index is 139. The quantitative estimate of drug-likeness (QED) is 0.641. The molecule has 12 heavy (non-hydrogen) atoms. The van der Waals surface area contributed by atoms with Gasteiger partial charge in [-0.05, 0) is 20.3 Å². The molecule has 72 valence electrons. The molecule has 0 bridgehead atoms. The summed E-state index contributed by atoms with van der Waals surface area (Å²) in [7, 11) is 0. The largest absolute Gasteiger partial charge is 0.481 e. The van der Waals surface area contributed by atoms with Gasteiger partial charge in [0.05, 0.1) is 0 Å². The number of carboxylic acids is 1. The molecule has 0 saturated carbocycles. The van der Waals surface area contributed by atoms with Gasteiger partial charge in [0.15, 0.2) is 0 Å². The maximum Gasteiger partial charge on any atom is 0.303 e. The van der Waals surface area contributed by atoms with Crippen LogP contribution in [-0.4, -0.2) is 22.8 Å². The van der Waals surface area contributed by atoms with E-state index in [9.17, 15) is 4.79 Å². The lowest BCUT2D eigenvalue weighted by molar-refractivity contribution is -0.136. The van der Waals surface area contributed by atoms with Crippen molar-refractivity contribution >= 4 is 5.97 Å². The number of aliphatic carboxylic acids is 1. The molecule has 2 N–H and O–H groups in total. The molecular weight excluding hydrogens is 156 g/mol. The Labute approximate surface area is 73.7 Å². The summed E-state index contributed by atoms with van der Waals surface area (Å²) in [5.74, 6) is -0.745. The summed E-state index contributed by atoms with van der Waals surface area (Å²) in [5, 5.41) is 16.0. The average molecular weight is 174 g/mol. The Kier molecular flexibility index (Phi) is 11.6. The van der Waals surface area contributed by atoms with Crippen LogP contribution in [0.5, 0.6) is 0 Å². The van der Waals surface area contributed by atoms with Gasteiger partial charge >= 0.3 is 5.97 Å². The molecule has 0 heterocycles. The van der Waals surface area contributed by atoms with Crippen molar-refractivity contribution in [3.63, 3.8) is 0 Å².